The third-order valence-corrected chi connectivity index (χ3v) is 2.81. The molecule has 17 heavy (non-hydrogen) atoms. The minimum atomic E-state index is 0.334. The summed E-state index contributed by atoms with van der Waals surface area (Å²) in [5.74, 6) is 1.20. The van der Waals surface area contributed by atoms with Crippen LogP contribution >= 0.6 is 0 Å². The summed E-state index contributed by atoms with van der Waals surface area (Å²) in [6, 6.07) is 0. The van der Waals surface area contributed by atoms with Gasteiger partial charge in [0.15, 0.2) is 0 Å². The van der Waals surface area contributed by atoms with Gasteiger partial charge in [0.25, 0.3) is 0 Å². The van der Waals surface area contributed by atoms with Gasteiger partial charge in [0.05, 0.1) is 0 Å². The van der Waals surface area contributed by atoms with E-state index in [2.05, 4.69) is 22.2 Å². The second-order valence-electron chi connectivity index (χ2n) is 4.45. The lowest BCUT2D eigenvalue weighted by molar-refractivity contribution is 0.616. The van der Waals surface area contributed by atoms with Gasteiger partial charge in [0.1, 0.15) is 5.82 Å². The molecule has 4 heteroatoms. The molecule has 0 spiro atoms. The van der Waals surface area contributed by atoms with Gasteiger partial charge in [-0.2, -0.15) is 4.98 Å². The van der Waals surface area contributed by atoms with E-state index in [9.17, 15) is 0 Å². The number of anilines is 2. The van der Waals surface area contributed by atoms with Crippen molar-refractivity contribution in [3.05, 3.63) is 11.8 Å². The molecule has 1 aromatic heterocycles. The molecule has 0 saturated carbocycles. The first-order valence-corrected chi connectivity index (χ1v) is 6.57. The maximum absolute atomic E-state index is 5.55. The van der Waals surface area contributed by atoms with Gasteiger partial charge < -0.3 is 11.1 Å². The van der Waals surface area contributed by atoms with Crippen molar-refractivity contribution in [3.8, 4) is 0 Å². The van der Waals surface area contributed by atoms with Crippen molar-refractivity contribution in [1.29, 1.82) is 0 Å². The zero-order chi connectivity index (χ0) is 12.5. The maximum atomic E-state index is 5.55. The number of rotatable bonds is 8. The molecule has 96 valence electrons. The molecule has 1 heterocycles. The quantitative estimate of drug-likeness (QED) is 0.681. The van der Waals surface area contributed by atoms with Crippen LogP contribution in [-0.2, 0) is 0 Å². The van der Waals surface area contributed by atoms with Crippen LogP contribution in [0.2, 0.25) is 0 Å². The zero-order valence-corrected chi connectivity index (χ0v) is 11.0. The van der Waals surface area contributed by atoms with Gasteiger partial charge >= 0.3 is 0 Å². The molecule has 0 aliphatic rings. The van der Waals surface area contributed by atoms with Crippen molar-refractivity contribution in [2.45, 2.75) is 52.4 Å². The third-order valence-electron chi connectivity index (χ3n) is 2.81. The summed E-state index contributed by atoms with van der Waals surface area (Å²) < 4.78 is 0. The molecule has 0 unspecified atom stereocenters. The molecule has 1 aromatic rings. The molecule has 0 bridgehead atoms. The summed E-state index contributed by atoms with van der Waals surface area (Å²) in [5.41, 5.74) is 6.60. The third kappa shape index (κ3) is 5.52. The van der Waals surface area contributed by atoms with Gasteiger partial charge in [-0.3, -0.25) is 0 Å². The lowest BCUT2D eigenvalue weighted by Gasteiger charge is -2.08. The van der Waals surface area contributed by atoms with Gasteiger partial charge in [-0.1, -0.05) is 39.0 Å². The molecular formula is C13H24N4. The van der Waals surface area contributed by atoms with E-state index in [-0.39, 0.29) is 0 Å². The first-order chi connectivity index (χ1) is 8.24. The fourth-order valence-electron chi connectivity index (χ4n) is 1.75. The Morgan fingerprint density at radius 2 is 1.88 bits per heavy atom. The smallest absolute Gasteiger partial charge is 0.221 e. The van der Waals surface area contributed by atoms with Gasteiger partial charge in [-0.15, -0.1) is 0 Å². The van der Waals surface area contributed by atoms with E-state index in [4.69, 9.17) is 5.73 Å². The normalized spacial score (nSPS) is 10.5. The van der Waals surface area contributed by atoms with E-state index in [0.29, 0.717) is 5.95 Å². The summed E-state index contributed by atoms with van der Waals surface area (Å²) in [6.45, 7) is 5.19. The van der Waals surface area contributed by atoms with Gasteiger partial charge in [-0.05, 0) is 13.3 Å². The molecule has 1 rings (SSSR count). The molecule has 3 N–H and O–H groups in total. The monoisotopic (exact) mass is 236 g/mol. The molecule has 0 radical (unpaired) electrons. The predicted octanol–water partition coefficient (Wildman–Crippen LogP) is 3.14. The van der Waals surface area contributed by atoms with E-state index >= 15 is 0 Å². The Bertz CT molecular complexity index is 325. The molecule has 0 atom stereocenters. The Morgan fingerprint density at radius 3 is 2.65 bits per heavy atom. The highest BCUT2D eigenvalue weighted by Gasteiger charge is 2.00. The molecule has 0 amide bonds. The molecular weight excluding hydrogens is 212 g/mol. The first kappa shape index (κ1) is 13.7. The summed E-state index contributed by atoms with van der Waals surface area (Å²) >= 11 is 0. The van der Waals surface area contributed by atoms with Crippen LogP contribution in [0, 0.1) is 6.92 Å². The van der Waals surface area contributed by atoms with Crippen molar-refractivity contribution >= 4 is 11.8 Å². The van der Waals surface area contributed by atoms with E-state index in [1.165, 1.54) is 38.5 Å². The topological polar surface area (TPSA) is 63.8 Å². The van der Waals surface area contributed by atoms with Crippen molar-refractivity contribution < 1.29 is 0 Å². The van der Waals surface area contributed by atoms with E-state index < -0.39 is 0 Å². The minimum absolute atomic E-state index is 0.334. The van der Waals surface area contributed by atoms with Crippen LogP contribution in [0.5, 0.6) is 0 Å². The Hall–Kier alpha value is -1.32. The SMILES string of the molecule is CCCCCCCCNc1nc(N)ncc1C. The number of nitrogens with one attached hydrogen (secondary N) is 1. The second-order valence-corrected chi connectivity index (χ2v) is 4.45. The number of nitrogens with zero attached hydrogens (tertiary/aromatic N) is 2. The van der Waals surface area contributed by atoms with Gasteiger partial charge in [0.2, 0.25) is 5.95 Å². The van der Waals surface area contributed by atoms with Crippen molar-refractivity contribution in [1.82, 2.24) is 9.97 Å². The number of nitrogens with two attached hydrogens (primary N) is 1. The van der Waals surface area contributed by atoms with E-state index in [1.54, 1.807) is 6.20 Å². The second kappa shape index (κ2) is 7.87. The summed E-state index contributed by atoms with van der Waals surface area (Å²) in [7, 11) is 0. The average Bonchev–Trinajstić information content (AvgIpc) is 2.32. The lowest BCUT2D eigenvalue weighted by atomic mass is 10.1. The average molecular weight is 236 g/mol. The standard InChI is InChI=1S/C13H24N4/c1-3-4-5-6-7-8-9-15-12-11(2)10-16-13(14)17-12/h10H,3-9H2,1-2H3,(H3,14,15,16,17). The molecule has 0 aromatic carbocycles. The zero-order valence-electron chi connectivity index (χ0n) is 11.0. The van der Waals surface area contributed by atoms with Crippen LogP contribution in [0.4, 0.5) is 11.8 Å². The first-order valence-electron chi connectivity index (χ1n) is 6.57. The van der Waals surface area contributed by atoms with Crippen LogP contribution < -0.4 is 11.1 Å². The maximum Gasteiger partial charge on any atom is 0.221 e. The number of unbranched alkanes of at least 4 members (excludes halogenated alkanes) is 5. The Balaban J connectivity index is 2.15. The fraction of sp³-hybridized carbons (Fsp3) is 0.692. The lowest BCUT2D eigenvalue weighted by Crippen LogP contribution is -2.07. The highest BCUT2D eigenvalue weighted by Crippen LogP contribution is 2.11. The number of nitrogen functional groups attached to an aromatic ring is 1. The van der Waals surface area contributed by atoms with Gasteiger partial charge in [-0.25, -0.2) is 4.98 Å². The minimum Gasteiger partial charge on any atom is -0.370 e. The number of aromatic nitrogens is 2. The van der Waals surface area contributed by atoms with Crippen LogP contribution in [-0.4, -0.2) is 16.5 Å². The summed E-state index contributed by atoms with van der Waals surface area (Å²) in [6.07, 6.45) is 9.58. The van der Waals surface area contributed by atoms with Crippen molar-refractivity contribution in [2.75, 3.05) is 17.6 Å². The Kier molecular flexibility index (Phi) is 6.37. The number of hydrogen-bond acceptors (Lipinski definition) is 4. The van der Waals surface area contributed by atoms with E-state index in [1.807, 2.05) is 6.92 Å². The number of aryl methyl sites for hydroxylation is 1. The van der Waals surface area contributed by atoms with Crippen molar-refractivity contribution in [3.63, 3.8) is 0 Å². The Morgan fingerprint density at radius 1 is 1.18 bits per heavy atom. The van der Waals surface area contributed by atoms with Gasteiger partial charge in [0, 0.05) is 18.3 Å². The van der Waals surface area contributed by atoms with Crippen LogP contribution in [0.3, 0.4) is 0 Å². The molecule has 0 aliphatic heterocycles. The van der Waals surface area contributed by atoms with E-state index in [0.717, 1.165) is 17.9 Å². The largest absolute Gasteiger partial charge is 0.370 e. The highest BCUT2D eigenvalue weighted by atomic mass is 15.1. The van der Waals surface area contributed by atoms with Crippen LogP contribution in [0.25, 0.3) is 0 Å². The molecule has 0 fully saturated rings. The van der Waals surface area contributed by atoms with Crippen LogP contribution in [0.1, 0.15) is 51.0 Å². The highest BCUT2D eigenvalue weighted by molar-refractivity contribution is 5.44. The predicted molar refractivity (Wildman–Crippen MR) is 73.0 cm³/mol. The Labute approximate surface area is 104 Å². The molecule has 0 saturated heterocycles. The summed E-state index contributed by atoms with van der Waals surface area (Å²) in [5, 5.41) is 3.31. The van der Waals surface area contributed by atoms with Crippen LogP contribution in [0.15, 0.2) is 6.20 Å². The molecule has 4 nitrogen and oxygen atoms in total. The fourth-order valence-corrected chi connectivity index (χ4v) is 1.75. The number of hydrogen-bond donors (Lipinski definition) is 2. The molecule has 0 aliphatic carbocycles. The van der Waals surface area contributed by atoms with Crippen molar-refractivity contribution in [2.24, 2.45) is 0 Å². The summed E-state index contributed by atoms with van der Waals surface area (Å²) in [4.78, 5) is 8.12.